The first-order chi connectivity index (χ1) is 5.23. The quantitative estimate of drug-likeness (QED) is 0.642. The Morgan fingerprint density at radius 1 is 1.25 bits per heavy atom. The Hall–Kier alpha value is -0.790. The highest BCUT2D eigenvalue weighted by Crippen LogP contribution is 2.70. The fraction of sp³-hybridized carbons (Fsp3) is 0.700. The summed E-state index contributed by atoms with van der Waals surface area (Å²) in [7, 11) is 0. The second kappa shape index (κ2) is 2.12. The Bertz CT molecular complexity index is 235. The highest BCUT2D eigenvalue weighted by atomic mass is 16.4. The third-order valence-electron chi connectivity index (χ3n) is 3.64. The topological polar surface area (TPSA) is 37.3 Å². The maximum absolute atomic E-state index is 10.7. The predicted molar refractivity (Wildman–Crippen MR) is 47.8 cm³/mol. The number of hydrogen-bond acceptors (Lipinski definition) is 1. The van der Waals surface area contributed by atoms with E-state index in [4.69, 9.17) is 5.11 Å². The van der Waals surface area contributed by atoms with Crippen LogP contribution in [-0.4, -0.2) is 11.1 Å². The summed E-state index contributed by atoms with van der Waals surface area (Å²) in [6.07, 6.45) is 0. The van der Waals surface area contributed by atoms with Crippen LogP contribution in [0.25, 0.3) is 0 Å². The molecule has 0 amide bonds. The molecule has 2 nitrogen and oxygen atoms in total. The van der Waals surface area contributed by atoms with Crippen LogP contribution >= 0.6 is 0 Å². The van der Waals surface area contributed by atoms with Crippen LogP contribution in [0.3, 0.4) is 0 Å². The van der Waals surface area contributed by atoms with Crippen LogP contribution in [0.15, 0.2) is 12.2 Å². The van der Waals surface area contributed by atoms with Gasteiger partial charge in [0.2, 0.25) is 0 Å². The number of hydrogen-bond donors (Lipinski definition) is 1. The van der Waals surface area contributed by atoms with E-state index in [1.165, 1.54) is 0 Å². The van der Waals surface area contributed by atoms with Gasteiger partial charge in [0.1, 0.15) is 0 Å². The Labute approximate surface area is 73.3 Å². The van der Waals surface area contributed by atoms with Gasteiger partial charge in [-0.15, -0.1) is 0 Å². The molecular weight excluding hydrogens is 152 g/mol. The Balaban J connectivity index is 2.85. The van der Waals surface area contributed by atoms with Gasteiger partial charge in [0, 0.05) is 11.5 Å². The molecule has 1 N–H and O–H groups in total. The smallest absolute Gasteiger partial charge is 0.331 e. The molecular formula is C10H16O2. The summed E-state index contributed by atoms with van der Waals surface area (Å²) in [6.45, 7) is 12.0. The zero-order chi connectivity index (χ0) is 9.73. The molecule has 68 valence electrons. The Morgan fingerprint density at radius 2 is 1.58 bits per heavy atom. The minimum absolute atomic E-state index is 0.0858. The van der Waals surface area contributed by atoms with Crippen molar-refractivity contribution in [1.29, 1.82) is 0 Å². The summed E-state index contributed by atoms with van der Waals surface area (Å²) in [4.78, 5) is 10.7. The van der Waals surface area contributed by atoms with Crippen LogP contribution in [0.1, 0.15) is 27.7 Å². The lowest BCUT2D eigenvalue weighted by Gasteiger charge is -2.03. The van der Waals surface area contributed by atoms with Crippen molar-refractivity contribution in [1.82, 2.24) is 0 Å². The zero-order valence-corrected chi connectivity index (χ0v) is 8.14. The first-order valence-corrected chi connectivity index (χ1v) is 4.15. The van der Waals surface area contributed by atoms with Gasteiger partial charge >= 0.3 is 5.97 Å². The summed E-state index contributed by atoms with van der Waals surface area (Å²) < 4.78 is 0. The van der Waals surface area contributed by atoms with Gasteiger partial charge in [-0.3, -0.25) is 0 Å². The van der Waals surface area contributed by atoms with Crippen molar-refractivity contribution in [3.63, 3.8) is 0 Å². The summed E-state index contributed by atoms with van der Waals surface area (Å²) in [6, 6.07) is 0. The molecule has 1 aliphatic carbocycles. The van der Waals surface area contributed by atoms with Gasteiger partial charge in [-0.1, -0.05) is 34.3 Å². The summed E-state index contributed by atoms with van der Waals surface area (Å²) in [5, 5.41) is 8.76. The largest absolute Gasteiger partial charge is 0.478 e. The number of aliphatic carboxylic acids is 1. The van der Waals surface area contributed by atoms with Crippen LogP contribution in [0, 0.1) is 16.7 Å². The van der Waals surface area contributed by atoms with E-state index in [9.17, 15) is 4.79 Å². The van der Waals surface area contributed by atoms with Crippen molar-refractivity contribution in [3.05, 3.63) is 12.2 Å². The molecule has 0 radical (unpaired) electrons. The molecule has 1 rings (SSSR count). The maximum Gasteiger partial charge on any atom is 0.331 e. The highest BCUT2D eigenvalue weighted by molar-refractivity contribution is 5.87. The van der Waals surface area contributed by atoms with Gasteiger partial charge in [-0.25, -0.2) is 4.79 Å². The molecule has 0 heterocycles. The van der Waals surface area contributed by atoms with Crippen LogP contribution in [0.5, 0.6) is 0 Å². The van der Waals surface area contributed by atoms with Gasteiger partial charge in [0.05, 0.1) is 0 Å². The molecule has 0 spiro atoms. The summed E-state index contributed by atoms with van der Waals surface area (Å²) in [5.74, 6) is -0.735. The van der Waals surface area contributed by atoms with Crippen LogP contribution in [0.2, 0.25) is 0 Å². The molecule has 1 aliphatic rings. The second-order valence-corrected chi connectivity index (χ2v) is 4.71. The Kier molecular flexibility index (Phi) is 1.64. The first-order valence-electron chi connectivity index (χ1n) is 4.15. The normalized spacial score (nSPS) is 25.0. The van der Waals surface area contributed by atoms with E-state index in [1.807, 2.05) is 0 Å². The van der Waals surface area contributed by atoms with Crippen molar-refractivity contribution >= 4 is 5.97 Å². The minimum atomic E-state index is -0.862. The van der Waals surface area contributed by atoms with E-state index >= 15 is 0 Å². The Morgan fingerprint density at radius 3 is 1.67 bits per heavy atom. The second-order valence-electron chi connectivity index (χ2n) is 4.71. The average Bonchev–Trinajstić information content (AvgIpc) is 2.23. The van der Waals surface area contributed by atoms with Gasteiger partial charge in [0.25, 0.3) is 0 Å². The van der Waals surface area contributed by atoms with Crippen molar-refractivity contribution in [3.8, 4) is 0 Å². The SMILES string of the molecule is C=C(C(=O)O)C1C(C)(C)C1(C)C. The van der Waals surface area contributed by atoms with Gasteiger partial charge in [-0.2, -0.15) is 0 Å². The van der Waals surface area contributed by atoms with Crippen LogP contribution in [0.4, 0.5) is 0 Å². The highest BCUT2D eigenvalue weighted by Gasteiger charge is 2.66. The van der Waals surface area contributed by atoms with E-state index in [-0.39, 0.29) is 16.7 Å². The van der Waals surface area contributed by atoms with E-state index < -0.39 is 5.97 Å². The molecule has 1 saturated carbocycles. The number of carboxylic acids is 1. The molecule has 2 heteroatoms. The monoisotopic (exact) mass is 168 g/mol. The molecule has 0 unspecified atom stereocenters. The first kappa shape index (κ1) is 9.30. The average molecular weight is 168 g/mol. The molecule has 0 aromatic rings. The summed E-state index contributed by atoms with van der Waals surface area (Å²) >= 11 is 0. The van der Waals surface area contributed by atoms with E-state index in [1.54, 1.807) is 0 Å². The maximum atomic E-state index is 10.7. The third kappa shape index (κ3) is 0.904. The van der Waals surface area contributed by atoms with Crippen molar-refractivity contribution in [2.24, 2.45) is 16.7 Å². The molecule has 12 heavy (non-hydrogen) atoms. The van der Waals surface area contributed by atoms with Crippen molar-refractivity contribution in [2.75, 3.05) is 0 Å². The van der Waals surface area contributed by atoms with Crippen LogP contribution < -0.4 is 0 Å². The van der Waals surface area contributed by atoms with E-state index in [0.29, 0.717) is 5.57 Å². The fourth-order valence-corrected chi connectivity index (χ4v) is 2.19. The van der Waals surface area contributed by atoms with Gasteiger partial charge < -0.3 is 5.11 Å². The zero-order valence-electron chi connectivity index (χ0n) is 8.14. The number of carboxylic acid groups (broad SMARTS) is 1. The molecule has 0 aromatic heterocycles. The molecule has 0 aliphatic heterocycles. The summed E-state index contributed by atoms with van der Waals surface area (Å²) in [5.41, 5.74) is 0.523. The standard InChI is InChI=1S/C10H16O2/c1-6(8(11)12)7-9(2,3)10(7,4)5/h7H,1H2,2-5H3,(H,11,12). The lowest BCUT2D eigenvalue weighted by molar-refractivity contribution is -0.133. The molecule has 0 aromatic carbocycles. The minimum Gasteiger partial charge on any atom is -0.478 e. The van der Waals surface area contributed by atoms with Gasteiger partial charge in [0.15, 0.2) is 0 Å². The number of carbonyl (C=O) groups is 1. The van der Waals surface area contributed by atoms with Gasteiger partial charge in [-0.05, 0) is 10.8 Å². The molecule has 0 saturated heterocycles. The number of rotatable bonds is 2. The van der Waals surface area contributed by atoms with Crippen molar-refractivity contribution < 1.29 is 9.90 Å². The third-order valence-corrected chi connectivity index (χ3v) is 3.64. The van der Waals surface area contributed by atoms with E-state index in [2.05, 4.69) is 34.3 Å². The molecule has 1 fully saturated rings. The predicted octanol–water partition coefficient (Wildman–Crippen LogP) is 2.31. The lowest BCUT2D eigenvalue weighted by atomic mass is 10.0. The molecule has 0 atom stereocenters. The fourth-order valence-electron chi connectivity index (χ4n) is 2.19. The lowest BCUT2D eigenvalue weighted by Crippen LogP contribution is -2.04. The van der Waals surface area contributed by atoms with Crippen LogP contribution in [-0.2, 0) is 4.79 Å². The van der Waals surface area contributed by atoms with Crippen molar-refractivity contribution in [2.45, 2.75) is 27.7 Å². The van der Waals surface area contributed by atoms with E-state index in [0.717, 1.165) is 0 Å². The molecule has 0 bridgehead atoms.